The van der Waals surface area contributed by atoms with Gasteiger partial charge in [-0.05, 0) is 30.5 Å². The maximum atomic E-state index is 10.5. The SMILES string of the molecule is Nc1ccc(C2CCCCC2OCCC(=O)O)cc1. The van der Waals surface area contributed by atoms with Crippen molar-refractivity contribution in [3.8, 4) is 0 Å². The first kappa shape index (κ1) is 13.9. The van der Waals surface area contributed by atoms with Gasteiger partial charge in [0.1, 0.15) is 0 Å². The second-order valence-electron chi connectivity index (χ2n) is 5.11. The van der Waals surface area contributed by atoms with E-state index in [4.69, 9.17) is 15.6 Å². The number of anilines is 1. The topological polar surface area (TPSA) is 72.5 Å². The van der Waals surface area contributed by atoms with E-state index in [1.54, 1.807) is 0 Å². The molecule has 2 unspecified atom stereocenters. The molecule has 0 aliphatic heterocycles. The summed E-state index contributed by atoms with van der Waals surface area (Å²) < 4.78 is 5.78. The molecule has 0 saturated heterocycles. The molecule has 1 saturated carbocycles. The lowest BCUT2D eigenvalue weighted by Crippen LogP contribution is -2.27. The Balaban J connectivity index is 1.99. The Morgan fingerprint density at radius 1 is 1.26 bits per heavy atom. The Labute approximate surface area is 113 Å². The van der Waals surface area contributed by atoms with Crippen molar-refractivity contribution in [2.45, 2.75) is 44.1 Å². The fourth-order valence-electron chi connectivity index (χ4n) is 2.72. The highest BCUT2D eigenvalue weighted by atomic mass is 16.5. The molecule has 0 radical (unpaired) electrons. The second-order valence-corrected chi connectivity index (χ2v) is 5.11. The minimum absolute atomic E-state index is 0.0744. The van der Waals surface area contributed by atoms with Crippen molar-refractivity contribution >= 4 is 11.7 Å². The number of carboxylic acid groups (broad SMARTS) is 1. The van der Waals surface area contributed by atoms with Gasteiger partial charge in [0, 0.05) is 11.6 Å². The number of carboxylic acids is 1. The molecule has 19 heavy (non-hydrogen) atoms. The quantitative estimate of drug-likeness (QED) is 0.801. The zero-order valence-corrected chi connectivity index (χ0v) is 11.0. The molecule has 0 aromatic heterocycles. The van der Waals surface area contributed by atoms with Crippen molar-refractivity contribution in [2.75, 3.05) is 12.3 Å². The third-order valence-corrected chi connectivity index (χ3v) is 3.72. The minimum atomic E-state index is -0.806. The summed E-state index contributed by atoms with van der Waals surface area (Å²) in [7, 11) is 0. The van der Waals surface area contributed by atoms with Crippen LogP contribution in [0.1, 0.15) is 43.6 Å². The highest BCUT2D eigenvalue weighted by Gasteiger charge is 2.27. The van der Waals surface area contributed by atoms with Crippen molar-refractivity contribution in [1.29, 1.82) is 0 Å². The molecule has 0 spiro atoms. The summed E-state index contributed by atoms with van der Waals surface area (Å²) in [6.45, 7) is 0.297. The van der Waals surface area contributed by atoms with Gasteiger partial charge in [-0.2, -0.15) is 0 Å². The summed E-state index contributed by atoms with van der Waals surface area (Å²) in [6, 6.07) is 7.94. The Morgan fingerprint density at radius 3 is 2.63 bits per heavy atom. The average Bonchev–Trinajstić information content (AvgIpc) is 2.40. The van der Waals surface area contributed by atoms with E-state index in [-0.39, 0.29) is 12.5 Å². The van der Waals surface area contributed by atoms with Gasteiger partial charge in [0.25, 0.3) is 0 Å². The first-order chi connectivity index (χ1) is 9.16. The molecular formula is C15H21NO3. The molecular weight excluding hydrogens is 242 g/mol. The molecule has 0 bridgehead atoms. The predicted octanol–water partition coefficient (Wildman–Crippen LogP) is 2.79. The molecule has 1 fully saturated rings. The van der Waals surface area contributed by atoms with Crippen molar-refractivity contribution in [1.82, 2.24) is 0 Å². The Hall–Kier alpha value is -1.55. The zero-order valence-electron chi connectivity index (χ0n) is 11.0. The van der Waals surface area contributed by atoms with Crippen LogP contribution in [0, 0.1) is 0 Å². The molecule has 3 N–H and O–H groups in total. The largest absolute Gasteiger partial charge is 0.481 e. The first-order valence-electron chi connectivity index (χ1n) is 6.85. The van der Waals surface area contributed by atoms with Gasteiger partial charge in [-0.1, -0.05) is 25.0 Å². The van der Waals surface area contributed by atoms with Gasteiger partial charge in [-0.15, -0.1) is 0 Å². The molecule has 1 aliphatic carbocycles. The van der Waals surface area contributed by atoms with Crippen molar-refractivity contribution in [3.05, 3.63) is 29.8 Å². The van der Waals surface area contributed by atoms with Crippen LogP contribution in [-0.2, 0) is 9.53 Å². The van der Waals surface area contributed by atoms with E-state index in [0.717, 1.165) is 24.9 Å². The molecule has 0 amide bonds. The molecule has 104 valence electrons. The maximum absolute atomic E-state index is 10.5. The van der Waals surface area contributed by atoms with Crippen LogP contribution in [0.2, 0.25) is 0 Å². The van der Waals surface area contributed by atoms with E-state index in [9.17, 15) is 4.79 Å². The number of nitrogen functional groups attached to an aromatic ring is 1. The summed E-state index contributed by atoms with van der Waals surface area (Å²) in [4.78, 5) is 10.5. The third-order valence-electron chi connectivity index (χ3n) is 3.72. The lowest BCUT2D eigenvalue weighted by molar-refractivity contribution is -0.138. The molecule has 1 aromatic rings. The van der Waals surface area contributed by atoms with Gasteiger partial charge in [0.2, 0.25) is 0 Å². The number of carbonyl (C=O) groups is 1. The van der Waals surface area contributed by atoms with E-state index in [2.05, 4.69) is 12.1 Å². The fourth-order valence-corrected chi connectivity index (χ4v) is 2.72. The summed E-state index contributed by atoms with van der Waals surface area (Å²) in [5, 5.41) is 8.66. The number of hydrogen-bond acceptors (Lipinski definition) is 3. The Kier molecular flexibility index (Phi) is 4.80. The Morgan fingerprint density at radius 2 is 1.95 bits per heavy atom. The monoisotopic (exact) mass is 263 g/mol. The van der Waals surface area contributed by atoms with Crippen molar-refractivity contribution < 1.29 is 14.6 Å². The standard InChI is InChI=1S/C15H21NO3/c16-12-7-5-11(6-8-12)13-3-1-2-4-14(13)19-10-9-15(17)18/h5-8,13-14H,1-4,9-10,16H2,(H,17,18). The van der Waals surface area contributed by atoms with Gasteiger partial charge in [0.05, 0.1) is 19.1 Å². The van der Waals surface area contributed by atoms with Crippen LogP contribution in [0.15, 0.2) is 24.3 Å². The van der Waals surface area contributed by atoms with Crippen molar-refractivity contribution in [3.63, 3.8) is 0 Å². The summed E-state index contributed by atoms with van der Waals surface area (Å²) in [5.41, 5.74) is 7.72. The molecule has 1 aromatic carbocycles. The second kappa shape index (κ2) is 6.57. The van der Waals surface area contributed by atoms with E-state index >= 15 is 0 Å². The molecule has 1 aliphatic rings. The first-order valence-corrected chi connectivity index (χ1v) is 6.85. The van der Waals surface area contributed by atoms with E-state index in [1.807, 2.05) is 12.1 Å². The third kappa shape index (κ3) is 3.96. The number of hydrogen-bond donors (Lipinski definition) is 2. The zero-order chi connectivity index (χ0) is 13.7. The van der Waals surface area contributed by atoms with Gasteiger partial charge in [-0.25, -0.2) is 0 Å². The van der Waals surface area contributed by atoms with Gasteiger partial charge < -0.3 is 15.6 Å². The fraction of sp³-hybridized carbons (Fsp3) is 0.533. The van der Waals surface area contributed by atoms with Crippen LogP contribution in [0.4, 0.5) is 5.69 Å². The van der Waals surface area contributed by atoms with E-state index < -0.39 is 5.97 Å². The predicted molar refractivity (Wildman–Crippen MR) is 74.1 cm³/mol. The summed E-state index contributed by atoms with van der Waals surface area (Å²) in [6.07, 6.45) is 4.68. The summed E-state index contributed by atoms with van der Waals surface area (Å²) >= 11 is 0. The Bertz CT molecular complexity index is 416. The highest BCUT2D eigenvalue weighted by Crippen LogP contribution is 2.35. The van der Waals surface area contributed by atoms with Gasteiger partial charge >= 0.3 is 5.97 Å². The van der Waals surface area contributed by atoms with Crippen LogP contribution in [0.3, 0.4) is 0 Å². The highest BCUT2D eigenvalue weighted by molar-refractivity contribution is 5.66. The number of nitrogens with two attached hydrogens (primary N) is 1. The van der Waals surface area contributed by atoms with Crippen LogP contribution in [0.5, 0.6) is 0 Å². The lowest BCUT2D eigenvalue weighted by Gasteiger charge is -2.31. The van der Waals surface area contributed by atoms with Crippen molar-refractivity contribution in [2.24, 2.45) is 0 Å². The number of aliphatic carboxylic acids is 1. The number of ether oxygens (including phenoxy) is 1. The molecule has 2 atom stereocenters. The molecule has 4 nitrogen and oxygen atoms in total. The number of rotatable bonds is 5. The average molecular weight is 263 g/mol. The molecule has 0 heterocycles. The van der Waals surface area contributed by atoms with E-state index in [1.165, 1.54) is 12.0 Å². The smallest absolute Gasteiger partial charge is 0.305 e. The van der Waals surface area contributed by atoms with Crippen LogP contribution >= 0.6 is 0 Å². The number of benzene rings is 1. The van der Waals surface area contributed by atoms with Crippen LogP contribution in [0.25, 0.3) is 0 Å². The molecule has 2 rings (SSSR count). The van der Waals surface area contributed by atoms with Gasteiger partial charge in [-0.3, -0.25) is 4.79 Å². The van der Waals surface area contributed by atoms with Gasteiger partial charge in [0.15, 0.2) is 0 Å². The normalized spacial score (nSPS) is 23.2. The van der Waals surface area contributed by atoms with Crippen LogP contribution < -0.4 is 5.73 Å². The van der Waals surface area contributed by atoms with Crippen LogP contribution in [-0.4, -0.2) is 23.8 Å². The summed E-state index contributed by atoms with van der Waals surface area (Å²) in [5.74, 6) is -0.442. The maximum Gasteiger partial charge on any atom is 0.305 e. The lowest BCUT2D eigenvalue weighted by atomic mass is 9.81. The minimum Gasteiger partial charge on any atom is -0.481 e. The molecule has 4 heteroatoms. The van der Waals surface area contributed by atoms with E-state index in [0.29, 0.717) is 12.5 Å².